The number of fused-ring (bicyclic) bond motifs is 3. The van der Waals surface area contributed by atoms with Gasteiger partial charge in [0.2, 0.25) is 5.91 Å². The van der Waals surface area contributed by atoms with E-state index in [1.165, 1.54) is 43.2 Å². The van der Waals surface area contributed by atoms with Crippen LogP contribution in [0.25, 0.3) is 67.6 Å². The molecule has 0 unspecified atom stereocenters. The maximum Gasteiger partial charge on any atom is 0.323 e. The van der Waals surface area contributed by atoms with Gasteiger partial charge in [-0.15, -0.1) is 45.3 Å². The molecule has 7 aromatic rings. The second-order valence-corrected chi connectivity index (χ2v) is 17.5. The molecule has 0 saturated heterocycles. The number of hydrogen-bond donors (Lipinski definition) is 2. The van der Waals surface area contributed by atoms with E-state index in [-0.39, 0.29) is 11.5 Å². The molecule has 0 spiro atoms. The van der Waals surface area contributed by atoms with Crippen LogP contribution in [-0.4, -0.2) is 56.5 Å². The molecule has 2 N–H and O–H groups in total. The Morgan fingerprint density at radius 1 is 0.691 bits per heavy atom. The van der Waals surface area contributed by atoms with Crippen molar-refractivity contribution in [2.75, 3.05) is 13.1 Å². The number of carboxylic acids is 2. The van der Waals surface area contributed by atoms with Crippen molar-refractivity contribution < 1.29 is 29.4 Å². The van der Waals surface area contributed by atoms with Crippen LogP contribution in [0.5, 0.6) is 0 Å². The van der Waals surface area contributed by atoms with E-state index in [0.29, 0.717) is 9.78 Å². The van der Waals surface area contributed by atoms with E-state index in [9.17, 15) is 34.7 Å². The van der Waals surface area contributed by atoms with Crippen LogP contribution in [0, 0.1) is 39.0 Å². The van der Waals surface area contributed by atoms with Crippen LogP contribution < -0.4 is 0 Å². The molecule has 55 heavy (non-hydrogen) atoms. The number of aliphatic carboxylic acids is 2. The first-order chi connectivity index (χ1) is 26.2. The summed E-state index contributed by atoms with van der Waals surface area (Å²) in [6.07, 6.45) is 1.40. The monoisotopic (exact) mass is 803 g/mol. The number of carboxylic acid groups (broad SMARTS) is 2. The molecule has 0 atom stereocenters. The molecular weight excluding hydrogens is 771 g/mol. The normalized spacial score (nSPS) is 11.7. The van der Waals surface area contributed by atoms with E-state index in [1.807, 2.05) is 43.3 Å². The lowest BCUT2D eigenvalue weighted by Crippen LogP contribution is -2.39. The SMILES string of the molecule is CC(=O)n1c2ccccc2c2cc(-c3cc(C)c(-c4cc(C)c(-c5cc(C)c(-c6cc(C)c(/C=C(\C#N)C(=O)N(CC(=O)O)CC(=O)O)s6)s5)s4)s3)ccc21. The Labute approximate surface area is 332 Å². The van der Waals surface area contributed by atoms with Gasteiger partial charge >= 0.3 is 11.9 Å². The Kier molecular flexibility index (Phi) is 10.2. The number of para-hydroxylation sites is 1. The molecule has 0 saturated carbocycles. The minimum atomic E-state index is -1.38. The zero-order valence-electron chi connectivity index (χ0n) is 30.3. The van der Waals surface area contributed by atoms with Crippen LogP contribution >= 0.6 is 45.3 Å². The Morgan fingerprint density at radius 2 is 1.20 bits per heavy atom. The number of thiophene rings is 4. The van der Waals surface area contributed by atoms with Crippen LogP contribution in [-0.2, 0) is 14.4 Å². The highest BCUT2D eigenvalue weighted by atomic mass is 32.1. The van der Waals surface area contributed by atoms with Gasteiger partial charge in [0.1, 0.15) is 24.7 Å². The van der Waals surface area contributed by atoms with Crippen LogP contribution in [0.2, 0.25) is 0 Å². The zero-order valence-corrected chi connectivity index (χ0v) is 33.6. The van der Waals surface area contributed by atoms with E-state index in [0.717, 1.165) is 58.0 Å². The number of carbonyl (C=O) groups excluding carboxylic acids is 2. The molecule has 7 rings (SSSR count). The van der Waals surface area contributed by atoms with Gasteiger partial charge in [-0.1, -0.05) is 24.3 Å². The van der Waals surface area contributed by atoms with Gasteiger partial charge in [0.15, 0.2) is 0 Å². The quantitative estimate of drug-likeness (QED) is 0.104. The number of nitrogens with zero attached hydrogens (tertiary/aromatic N) is 3. The number of carbonyl (C=O) groups is 4. The van der Waals surface area contributed by atoms with Crippen LogP contribution in [0.1, 0.15) is 38.8 Å². The molecular formula is C42H33N3O6S4. The second kappa shape index (κ2) is 14.9. The summed E-state index contributed by atoms with van der Waals surface area (Å²) in [5, 5.41) is 30.2. The maximum atomic E-state index is 13.0. The van der Waals surface area contributed by atoms with Crippen molar-refractivity contribution in [2.45, 2.75) is 34.6 Å². The Morgan fingerprint density at radius 3 is 1.76 bits per heavy atom. The first-order valence-electron chi connectivity index (χ1n) is 17.1. The van der Waals surface area contributed by atoms with Crippen molar-refractivity contribution in [1.29, 1.82) is 5.26 Å². The summed E-state index contributed by atoms with van der Waals surface area (Å²) < 4.78 is 1.78. The average molecular weight is 804 g/mol. The van der Waals surface area contributed by atoms with Crippen molar-refractivity contribution in [3.8, 4) is 45.8 Å². The summed E-state index contributed by atoms with van der Waals surface area (Å²) in [5.41, 5.74) is 6.88. The molecule has 0 aliphatic heterocycles. The molecule has 2 aromatic carbocycles. The van der Waals surface area contributed by atoms with Gasteiger partial charge < -0.3 is 15.1 Å². The van der Waals surface area contributed by atoms with Gasteiger partial charge in [-0.3, -0.25) is 23.7 Å². The third-order valence-corrected chi connectivity index (χ3v) is 14.7. The molecule has 13 heteroatoms. The Hall–Kier alpha value is -5.65. The predicted octanol–water partition coefficient (Wildman–Crippen LogP) is 10.5. The molecule has 276 valence electrons. The predicted molar refractivity (Wildman–Crippen MR) is 223 cm³/mol. The fraction of sp³-hybridized carbons (Fsp3) is 0.167. The minimum Gasteiger partial charge on any atom is -0.480 e. The average Bonchev–Trinajstić information content (AvgIpc) is 3.95. The summed E-state index contributed by atoms with van der Waals surface area (Å²) in [6.45, 7) is 8.13. The van der Waals surface area contributed by atoms with Crippen LogP contribution in [0.15, 0.2) is 72.3 Å². The first kappa shape index (κ1) is 37.7. The fourth-order valence-corrected chi connectivity index (χ4v) is 11.9. The van der Waals surface area contributed by atoms with Crippen LogP contribution in [0.3, 0.4) is 0 Å². The van der Waals surface area contributed by atoms with E-state index < -0.39 is 30.9 Å². The molecule has 9 nitrogen and oxygen atoms in total. The highest BCUT2D eigenvalue weighted by Gasteiger charge is 2.25. The first-order valence-corrected chi connectivity index (χ1v) is 20.3. The molecule has 5 heterocycles. The van der Waals surface area contributed by atoms with Gasteiger partial charge in [0.05, 0.1) is 11.0 Å². The maximum absolute atomic E-state index is 13.0. The standard InChI is InChI=1S/C42H33N3O6S4/c1-21-12-34(52-32(21)17-27(18-43)42(51)44(19-37(47)48)20-38(49)50)39-23(3)14-36(54-39)41-24(4)15-35(55-41)40-22(2)13-33(53-40)26-10-11-31-29(16-26)28-8-6-7-9-30(28)45(31)25(5)46/h6-17H,19-20H2,1-5H3,(H,47,48)(H,49,50)/b27-17+. The molecule has 0 radical (unpaired) electrons. The van der Waals surface area contributed by atoms with E-state index in [1.54, 1.807) is 45.5 Å². The van der Waals surface area contributed by atoms with Gasteiger partial charge in [0.25, 0.3) is 5.91 Å². The second-order valence-electron chi connectivity index (χ2n) is 13.2. The topological polar surface area (TPSA) is 141 Å². The molecule has 0 aliphatic carbocycles. The smallest absolute Gasteiger partial charge is 0.323 e. The number of amides is 1. The lowest BCUT2D eigenvalue weighted by atomic mass is 10.1. The number of hydrogen-bond acceptors (Lipinski definition) is 9. The molecule has 0 aliphatic rings. The van der Waals surface area contributed by atoms with Gasteiger partial charge in [-0.25, -0.2) is 0 Å². The number of aryl methyl sites for hydroxylation is 4. The molecule has 0 bridgehead atoms. The van der Waals surface area contributed by atoms with Crippen molar-refractivity contribution >= 4 is 97.0 Å². The van der Waals surface area contributed by atoms with E-state index >= 15 is 0 Å². The number of aromatic nitrogens is 1. The molecule has 0 fully saturated rings. The van der Waals surface area contributed by atoms with Gasteiger partial charge in [0, 0.05) is 56.7 Å². The lowest BCUT2D eigenvalue weighted by Gasteiger charge is -2.17. The number of benzene rings is 2. The lowest BCUT2D eigenvalue weighted by molar-refractivity contribution is -0.147. The molecule has 1 amide bonds. The zero-order chi connectivity index (χ0) is 39.3. The van der Waals surface area contributed by atoms with E-state index in [2.05, 4.69) is 57.2 Å². The number of nitriles is 1. The largest absolute Gasteiger partial charge is 0.480 e. The minimum absolute atomic E-state index is 0.0151. The Balaban J connectivity index is 1.18. The van der Waals surface area contributed by atoms with Gasteiger partial charge in [-0.2, -0.15) is 5.26 Å². The summed E-state index contributed by atoms with van der Waals surface area (Å²) in [6, 6.07) is 24.8. The number of rotatable bonds is 10. The summed E-state index contributed by atoms with van der Waals surface area (Å²) >= 11 is 6.62. The third kappa shape index (κ3) is 7.17. The summed E-state index contributed by atoms with van der Waals surface area (Å²) in [5.74, 6) is -3.72. The van der Waals surface area contributed by atoms with Crippen LogP contribution in [0.4, 0.5) is 0 Å². The summed E-state index contributed by atoms with van der Waals surface area (Å²) in [4.78, 5) is 57.3. The highest BCUT2D eigenvalue weighted by Crippen LogP contribution is 2.49. The summed E-state index contributed by atoms with van der Waals surface area (Å²) in [7, 11) is 0. The van der Waals surface area contributed by atoms with E-state index in [4.69, 9.17) is 0 Å². The van der Waals surface area contributed by atoms with Crippen molar-refractivity contribution in [1.82, 2.24) is 9.47 Å². The van der Waals surface area contributed by atoms with Gasteiger partial charge in [-0.05, 0) is 104 Å². The Bertz CT molecular complexity index is 2790. The molecule has 5 aromatic heterocycles. The fourth-order valence-electron chi connectivity index (χ4n) is 6.73. The third-order valence-electron chi connectivity index (χ3n) is 9.22. The van der Waals surface area contributed by atoms with Crippen molar-refractivity contribution in [3.05, 3.63) is 99.4 Å². The van der Waals surface area contributed by atoms with Crippen molar-refractivity contribution in [3.63, 3.8) is 0 Å². The van der Waals surface area contributed by atoms with Crippen molar-refractivity contribution in [2.24, 2.45) is 0 Å². The highest BCUT2D eigenvalue weighted by molar-refractivity contribution is 7.29.